The Morgan fingerprint density at radius 2 is 1.69 bits per heavy atom. The number of nitrogens with zero attached hydrogens (tertiary/aromatic N) is 1. The van der Waals surface area contributed by atoms with E-state index in [0.717, 1.165) is 19.3 Å². The smallest absolute Gasteiger partial charge is 0.243 e. The zero-order valence-electron chi connectivity index (χ0n) is 15.8. The van der Waals surface area contributed by atoms with E-state index in [0.29, 0.717) is 35.8 Å². The van der Waals surface area contributed by atoms with Crippen LogP contribution in [0.25, 0.3) is 0 Å². The van der Waals surface area contributed by atoms with Gasteiger partial charge in [-0.3, -0.25) is 4.79 Å². The minimum Gasteiger partial charge on any atom is -0.454 e. The number of fused-ring (bicyclic) bond motifs is 1. The Labute approximate surface area is 170 Å². The molecule has 1 saturated heterocycles. The van der Waals surface area contributed by atoms with Gasteiger partial charge in [-0.05, 0) is 55.3 Å². The highest BCUT2D eigenvalue weighted by atomic mass is 32.2. The molecule has 0 atom stereocenters. The number of hydrogen-bond donors (Lipinski definition) is 1. The largest absolute Gasteiger partial charge is 0.454 e. The number of allylic oxidation sites excluding steroid dienone is 1. The lowest BCUT2D eigenvalue weighted by Crippen LogP contribution is -2.35. The standard InChI is InChI=1S/C21H22N2O5S/c24-19(16-4-9-20-21(14-16)28-15-27-20)10-11-22-17-5-7-18(8-6-17)29(25,26)23-12-2-1-3-13-23/h4-11,14,22H,1-3,12-13,15H2/b11-10+. The van der Waals surface area contributed by atoms with Crippen LogP contribution in [0.1, 0.15) is 29.6 Å². The number of anilines is 1. The predicted molar refractivity (Wildman–Crippen MR) is 109 cm³/mol. The molecule has 0 unspecified atom stereocenters. The summed E-state index contributed by atoms with van der Waals surface area (Å²) in [6.45, 7) is 1.31. The van der Waals surface area contributed by atoms with Crippen molar-refractivity contribution >= 4 is 21.5 Å². The molecule has 8 heteroatoms. The molecule has 0 spiro atoms. The zero-order valence-corrected chi connectivity index (χ0v) is 16.7. The summed E-state index contributed by atoms with van der Waals surface area (Å²) in [6.07, 6.45) is 5.82. The predicted octanol–water partition coefficient (Wildman–Crippen LogP) is 3.40. The van der Waals surface area contributed by atoms with Crippen LogP contribution in [-0.2, 0) is 10.0 Å². The second kappa shape index (κ2) is 8.26. The molecule has 4 rings (SSSR count). The van der Waals surface area contributed by atoms with Crippen molar-refractivity contribution in [3.05, 3.63) is 60.3 Å². The number of sulfonamides is 1. The van der Waals surface area contributed by atoms with Crippen molar-refractivity contribution in [1.29, 1.82) is 0 Å². The number of rotatable bonds is 6. The number of piperidine rings is 1. The summed E-state index contributed by atoms with van der Waals surface area (Å²) in [7, 11) is -3.44. The van der Waals surface area contributed by atoms with Crippen molar-refractivity contribution in [2.75, 3.05) is 25.2 Å². The Balaban J connectivity index is 1.38. The number of benzene rings is 2. The van der Waals surface area contributed by atoms with Gasteiger partial charge in [0, 0.05) is 36.6 Å². The summed E-state index contributed by atoms with van der Waals surface area (Å²) in [6, 6.07) is 11.6. The molecule has 0 aliphatic carbocycles. The third-order valence-corrected chi connectivity index (χ3v) is 6.86. The summed E-state index contributed by atoms with van der Waals surface area (Å²) in [5, 5.41) is 2.99. The number of carbonyl (C=O) groups excluding carboxylic acids is 1. The maximum absolute atomic E-state index is 12.7. The van der Waals surface area contributed by atoms with Crippen molar-refractivity contribution in [3.8, 4) is 11.5 Å². The van der Waals surface area contributed by atoms with E-state index in [9.17, 15) is 13.2 Å². The fourth-order valence-electron chi connectivity index (χ4n) is 3.34. The van der Waals surface area contributed by atoms with E-state index in [1.54, 1.807) is 46.8 Å². The number of ketones is 1. The molecular weight excluding hydrogens is 392 g/mol. The van der Waals surface area contributed by atoms with Crippen molar-refractivity contribution in [2.45, 2.75) is 24.2 Å². The fraction of sp³-hybridized carbons (Fsp3) is 0.286. The molecule has 7 nitrogen and oxygen atoms in total. The van der Waals surface area contributed by atoms with Crippen LogP contribution in [0.15, 0.2) is 59.6 Å². The monoisotopic (exact) mass is 414 g/mol. The van der Waals surface area contributed by atoms with Gasteiger partial charge in [0.15, 0.2) is 17.3 Å². The van der Waals surface area contributed by atoms with Gasteiger partial charge in [-0.1, -0.05) is 6.42 Å². The maximum atomic E-state index is 12.7. The molecule has 152 valence electrons. The first-order valence-corrected chi connectivity index (χ1v) is 11.0. The maximum Gasteiger partial charge on any atom is 0.243 e. The first-order chi connectivity index (χ1) is 14.0. The third-order valence-electron chi connectivity index (χ3n) is 4.95. The van der Waals surface area contributed by atoms with E-state index in [2.05, 4.69) is 5.32 Å². The molecule has 29 heavy (non-hydrogen) atoms. The lowest BCUT2D eigenvalue weighted by Gasteiger charge is -2.25. The average molecular weight is 414 g/mol. The van der Waals surface area contributed by atoms with Crippen LogP contribution in [0.3, 0.4) is 0 Å². The van der Waals surface area contributed by atoms with Gasteiger partial charge in [0.2, 0.25) is 16.8 Å². The van der Waals surface area contributed by atoms with Crippen molar-refractivity contribution in [2.24, 2.45) is 0 Å². The molecule has 2 aromatic rings. The number of ether oxygens (including phenoxy) is 2. The highest BCUT2D eigenvalue weighted by Gasteiger charge is 2.25. The summed E-state index contributed by atoms with van der Waals surface area (Å²) in [5.74, 6) is 1.01. The topological polar surface area (TPSA) is 84.9 Å². The molecule has 2 aliphatic heterocycles. The van der Waals surface area contributed by atoms with Gasteiger partial charge in [-0.15, -0.1) is 0 Å². The van der Waals surface area contributed by atoms with Crippen LogP contribution in [0.4, 0.5) is 5.69 Å². The van der Waals surface area contributed by atoms with E-state index >= 15 is 0 Å². The van der Waals surface area contributed by atoms with E-state index in [1.165, 1.54) is 12.3 Å². The van der Waals surface area contributed by atoms with Crippen LogP contribution in [-0.4, -0.2) is 38.4 Å². The highest BCUT2D eigenvalue weighted by Crippen LogP contribution is 2.32. The Morgan fingerprint density at radius 1 is 0.966 bits per heavy atom. The van der Waals surface area contributed by atoms with Crippen molar-refractivity contribution in [3.63, 3.8) is 0 Å². The second-order valence-electron chi connectivity index (χ2n) is 6.90. The minimum absolute atomic E-state index is 0.161. The summed E-state index contributed by atoms with van der Waals surface area (Å²) >= 11 is 0. The van der Waals surface area contributed by atoms with E-state index in [-0.39, 0.29) is 17.5 Å². The van der Waals surface area contributed by atoms with Gasteiger partial charge in [0.05, 0.1) is 4.90 Å². The molecule has 1 N–H and O–H groups in total. The van der Waals surface area contributed by atoms with Gasteiger partial charge < -0.3 is 14.8 Å². The molecule has 0 amide bonds. The van der Waals surface area contributed by atoms with Crippen molar-refractivity contribution in [1.82, 2.24) is 4.31 Å². The van der Waals surface area contributed by atoms with Gasteiger partial charge in [-0.2, -0.15) is 4.31 Å². The van der Waals surface area contributed by atoms with Crippen LogP contribution in [0, 0.1) is 0 Å². The van der Waals surface area contributed by atoms with Gasteiger partial charge in [0.25, 0.3) is 0 Å². The summed E-state index contributed by atoms with van der Waals surface area (Å²) < 4.78 is 37.4. The fourth-order valence-corrected chi connectivity index (χ4v) is 4.85. The Kier molecular flexibility index (Phi) is 5.55. The van der Waals surface area contributed by atoms with Crippen molar-refractivity contribution < 1.29 is 22.7 Å². The Morgan fingerprint density at radius 3 is 2.45 bits per heavy atom. The van der Waals surface area contributed by atoms with Gasteiger partial charge >= 0.3 is 0 Å². The number of carbonyl (C=O) groups is 1. The van der Waals surface area contributed by atoms with Crippen LogP contribution in [0.5, 0.6) is 11.5 Å². The average Bonchev–Trinajstić information content (AvgIpc) is 3.22. The molecular formula is C21H22N2O5S. The zero-order chi connectivity index (χ0) is 20.3. The lowest BCUT2D eigenvalue weighted by atomic mass is 10.1. The number of hydrogen-bond acceptors (Lipinski definition) is 6. The molecule has 0 bridgehead atoms. The lowest BCUT2D eigenvalue weighted by molar-refractivity contribution is 0.104. The molecule has 1 fully saturated rings. The normalized spacial score (nSPS) is 16.8. The highest BCUT2D eigenvalue weighted by molar-refractivity contribution is 7.89. The van der Waals surface area contributed by atoms with Crippen LogP contribution < -0.4 is 14.8 Å². The first kappa shape index (κ1) is 19.5. The molecule has 0 saturated carbocycles. The molecule has 2 aromatic carbocycles. The summed E-state index contributed by atoms with van der Waals surface area (Å²) in [5.41, 5.74) is 1.19. The van der Waals surface area contributed by atoms with Gasteiger partial charge in [0.1, 0.15) is 0 Å². The van der Waals surface area contributed by atoms with E-state index in [1.807, 2.05) is 0 Å². The summed E-state index contributed by atoms with van der Waals surface area (Å²) in [4.78, 5) is 12.6. The van der Waals surface area contributed by atoms with Crippen LogP contribution in [0.2, 0.25) is 0 Å². The quantitative estimate of drug-likeness (QED) is 0.576. The second-order valence-corrected chi connectivity index (χ2v) is 8.84. The first-order valence-electron chi connectivity index (χ1n) is 9.51. The van der Waals surface area contributed by atoms with Gasteiger partial charge in [-0.25, -0.2) is 8.42 Å². The number of nitrogens with one attached hydrogen (secondary N) is 1. The third kappa shape index (κ3) is 4.28. The molecule has 0 aromatic heterocycles. The SMILES string of the molecule is O=C(/C=C/Nc1ccc(S(=O)(=O)N2CCCCC2)cc1)c1ccc2c(c1)OCO2. The molecule has 0 radical (unpaired) electrons. The molecule has 2 heterocycles. The Hall–Kier alpha value is -2.84. The Bertz CT molecular complexity index is 1030. The minimum atomic E-state index is -3.44. The molecule has 2 aliphatic rings. The van der Waals surface area contributed by atoms with E-state index < -0.39 is 10.0 Å². The van der Waals surface area contributed by atoms with Crippen LogP contribution >= 0.6 is 0 Å². The van der Waals surface area contributed by atoms with E-state index in [4.69, 9.17) is 9.47 Å².